The Labute approximate surface area is 146 Å². The number of hydrogen-bond donors (Lipinski definition) is 0. The highest BCUT2D eigenvalue weighted by atomic mass is 16.5. The van der Waals surface area contributed by atoms with E-state index in [0.29, 0.717) is 18.2 Å². The number of aryl methyl sites for hydroxylation is 2. The molecule has 0 fully saturated rings. The number of rotatable bonds is 7. The molecular weight excluding hydrogens is 316 g/mol. The first-order valence-electron chi connectivity index (χ1n) is 8.34. The Kier molecular flexibility index (Phi) is 5.21. The highest BCUT2D eigenvalue weighted by Gasteiger charge is 2.10. The second-order valence-corrected chi connectivity index (χ2v) is 5.84. The molecule has 0 saturated heterocycles. The van der Waals surface area contributed by atoms with Crippen LogP contribution in [0.3, 0.4) is 0 Å². The topological polar surface area (TPSA) is 84.0 Å². The SMILES string of the molecule is CCOc1ccc(CCc2ccc3cc(C(C)N=[N+]=[N-])oc3c2)cn1. The zero-order valence-electron chi connectivity index (χ0n) is 14.3. The minimum absolute atomic E-state index is 0.309. The lowest BCUT2D eigenvalue weighted by Crippen LogP contribution is -1.96. The Bertz CT molecular complexity index is 895. The van der Waals surface area contributed by atoms with Gasteiger partial charge in [0.2, 0.25) is 5.88 Å². The number of furan rings is 1. The van der Waals surface area contributed by atoms with Gasteiger partial charge in [-0.1, -0.05) is 23.3 Å². The number of azide groups is 1. The van der Waals surface area contributed by atoms with Gasteiger partial charge in [-0.05, 0) is 55.5 Å². The fourth-order valence-electron chi connectivity index (χ4n) is 2.67. The molecule has 25 heavy (non-hydrogen) atoms. The molecule has 1 aromatic carbocycles. The van der Waals surface area contributed by atoms with Crippen LogP contribution in [-0.2, 0) is 12.8 Å². The van der Waals surface area contributed by atoms with Crippen LogP contribution in [0.2, 0.25) is 0 Å². The summed E-state index contributed by atoms with van der Waals surface area (Å²) >= 11 is 0. The van der Waals surface area contributed by atoms with E-state index < -0.39 is 0 Å². The maximum atomic E-state index is 8.55. The molecule has 0 aliphatic carbocycles. The lowest BCUT2D eigenvalue weighted by Gasteiger charge is -2.04. The van der Waals surface area contributed by atoms with Gasteiger partial charge in [0.1, 0.15) is 11.3 Å². The van der Waals surface area contributed by atoms with Crippen molar-refractivity contribution in [3.8, 4) is 5.88 Å². The van der Waals surface area contributed by atoms with Crippen LogP contribution >= 0.6 is 0 Å². The normalized spacial score (nSPS) is 11.9. The molecule has 6 nitrogen and oxygen atoms in total. The summed E-state index contributed by atoms with van der Waals surface area (Å²) in [6.45, 7) is 4.38. The molecule has 3 aromatic rings. The van der Waals surface area contributed by atoms with E-state index in [1.165, 1.54) is 11.1 Å². The zero-order chi connectivity index (χ0) is 17.6. The predicted octanol–water partition coefficient (Wildman–Crippen LogP) is 5.38. The summed E-state index contributed by atoms with van der Waals surface area (Å²) in [6.07, 6.45) is 3.65. The Morgan fingerprint density at radius 3 is 2.72 bits per heavy atom. The minimum Gasteiger partial charge on any atom is -0.478 e. The Hall–Kier alpha value is -2.98. The number of hydrogen-bond acceptors (Lipinski definition) is 4. The van der Waals surface area contributed by atoms with Crippen molar-refractivity contribution in [1.82, 2.24) is 4.98 Å². The van der Waals surface area contributed by atoms with Crippen LogP contribution in [0, 0.1) is 0 Å². The van der Waals surface area contributed by atoms with E-state index >= 15 is 0 Å². The van der Waals surface area contributed by atoms with Gasteiger partial charge in [0.25, 0.3) is 0 Å². The number of nitrogens with zero attached hydrogens (tertiary/aromatic N) is 4. The second-order valence-electron chi connectivity index (χ2n) is 5.84. The minimum atomic E-state index is -0.309. The maximum absolute atomic E-state index is 8.55. The Morgan fingerprint density at radius 2 is 2.00 bits per heavy atom. The van der Waals surface area contributed by atoms with Crippen LogP contribution in [0.25, 0.3) is 21.4 Å². The van der Waals surface area contributed by atoms with E-state index in [1.807, 2.05) is 50.4 Å². The molecule has 0 aliphatic rings. The average molecular weight is 336 g/mol. The summed E-state index contributed by atoms with van der Waals surface area (Å²) in [5.41, 5.74) is 11.7. The van der Waals surface area contributed by atoms with Crippen LogP contribution in [0.1, 0.15) is 36.8 Å². The van der Waals surface area contributed by atoms with Crippen molar-refractivity contribution in [2.75, 3.05) is 6.61 Å². The monoisotopic (exact) mass is 336 g/mol. The molecule has 3 rings (SSSR count). The first-order valence-corrected chi connectivity index (χ1v) is 8.34. The van der Waals surface area contributed by atoms with Crippen LogP contribution in [0.15, 0.2) is 52.1 Å². The molecule has 0 saturated carbocycles. The van der Waals surface area contributed by atoms with Crippen molar-refractivity contribution in [3.05, 3.63) is 69.9 Å². The molecule has 0 N–H and O–H groups in total. The molecule has 0 spiro atoms. The van der Waals surface area contributed by atoms with Crippen LogP contribution in [0.4, 0.5) is 0 Å². The molecule has 2 aromatic heterocycles. The largest absolute Gasteiger partial charge is 0.478 e. The van der Waals surface area contributed by atoms with Crippen molar-refractivity contribution < 1.29 is 9.15 Å². The summed E-state index contributed by atoms with van der Waals surface area (Å²) in [5, 5.41) is 4.69. The quantitative estimate of drug-likeness (QED) is 0.330. The van der Waals surface area contributed by atoms with Gasteiger partial charge in [-0.15, -0.1) is 0 Å². The van der Waals surface area contributed by atoms with Crippen LogP contribution in [0.5, 0.6) is 5.88 Å². The molecule has 0 aliphatic heterocycles. The van der Waals surface area contributed by atoms with Gasteiger partial charge in [-0.2, -0.15) is 0 Å². The first kappa shape index (κ1) is 16.9. The third-order valence-electron chi connectivity index (χ3n) is 4.03. The van der Waals surface area contributed by atoms with Crippen LogP contribution in [-0.4, -0.2) is 11.6 Å². The summed E-state index contributed by atoms with van der Waals surface area (Å²) in [5.74, 6) is 1.34. The Morgan fingerprint density at radius 1 is 1.20 bits per heavy atom. The number of benzene rings is 1. The highest BCUT2D eigenvalue weighted by Crippen LogP contribution is 2.27. The van der Waals surface area contributed by atoms with Gasteiger partial charge in [0.05, 0.1) is 12.6 Å². The van der Waals surface area contributed by atoms with E-state index in [1.54, 1.807) is 0 Å². The van der Waals surface area contributed by atoms with E-state index in [-0.39, 0.29) is 6.04 Å². The van der Waals surface area contributed by atoms with Crippen molar-refractivity contribution >= 4 is 11.0 Å². The van der Waals surface area contributed by atoms with Gasteiger partial charge in [0.15, 0.2) is 0 Å². The van der Waals surface area contributed by atoms with Crippen LogP contribution < -0.4 is 4.74 Å². The summed E-state index contributed by atoms with van der Waals surface area (Å²) in [6, 6.07) is 11.7. The van der Waals surface area contributed by atoms with Gasteiger partial charge in [-0.25, -0.2) is 4.98 Å². The van der Waals surface area contributed by atoms with Crippen molar-refractivity contribution in [2.24, 2.45) is 5.11 Å². The lowest BCUT2D eigenvalue weighted by molar-refractivity contribution is 0.326. The van der Waals surface area contributed by atoms with Gasteiger partial charge in [0, 0.05) is 22.6 Å². The summed E-state index contributed by atoms with van der Waals surface area (Å²) < 4.78 is 11.2. The first-order chi connectivity index (χ1) is 12.2. The number of aromatic nitrogens is 1. The molecule has 2 heterocycles. The van der Waals surface area contributed by atoms with E-state index in [0.717, 1.165) is 23.8 Å². The third kappa shape index (κ3) is 4.11. The number of fused-ring (bicyclic) bond motifs is 1. The molecule has 0 bridgehead atoms. The lowest BCUT2D eigenvalue weighted by atomic mass is 10.0. The van der Waals surface area contributed by atoms with Gasteiger partial charge in [-0.3, -0.25) is 0 Å². The molecule has 1 atom stereocenters. The zero-order valence-corrected chi connectivity index (χ0v) is 14.3. The molecule has 128 valence electrons. The Balaban J connectivity index is 1.70. The van der Waals surface area contributed by atoms with Crippen molar-refractivity contribution in [2.45, 2.75) is 32.7 Å². The van der Waals surface area contributed by atoms with Gasteiger partial charge < -0.3 is 9.15 Å². The van der Waals surface area contributed by atoms with E-state index in [4.69, 9.17) is 14.7 Å². The molecule has 1 unspecified atom stereocenters. The van der Waals surface area contributed by atoms with Crippen molar-refractivity contribution in [3.63, 3.8) is 0 Å². The fourth-order valence-corrected chi connectivity index (χ4v) is 2.67. The smallest absolute Gasteiger partial charge is 0.213 e. The molecular formula is C19H20N4O2. The molecule has 6 heteroatoms. The predicted molar refractivity (Wildman–Crippen MR) is 96.6 cm³/mol. The van der Waals surface area contributed by atoms with E-state index in [2.05, 4.69) is 21.1 Å². The third-order valence-corrected chi connectivity index (χ3v) is 4.03. The standard InChI is InChI=1S/C19H20N4O2/c1-3-24-19-9-7-15(12-21-19)5-4-14-6-8-16-11-17(13(2)22-23-20)25-18(16)10-14/h6-13H,3-5H2,1-2H3. The maximum Gasteiger partial charge on any atom is 0.213 e. The molecule has 0 amide bonds. The van der Waals surface area contributed by atoms with Crippen molar-refractivity contribution in [1.29, 1.82) is 0 Å². The highest BCUT2D eigenvalue weighted by molar-refractivity contribution is 5.78. The fraction of sp³-hybridized carbons (Fsp3) is 0.316. The second kappa shape index (κ2) is 7.73. The van der Waals surface area contributed by atoms with E-state index in [9.17, 15) is 0 Å². The number of pyridine rings is 1. The molecule has 0 radical (unpaired) electrons. The van der Waals surface area contributed by atoms with Gasteiger partial charge >= 0.3 is 0 Å². The summed E-state index contributed by atoms with van der Waals surface area (Å²) in [4.78, 5) is 7.12. The average Bonchev–Trinajstić information content (AvgIpc) is 3.05. The summed E-state index contributed by atoms with van der Waals surface area (Å²) in [7, 11) is 0. The number of ether oxygens (including phenoxy) is 1.